The second kappa shape index (κ2) is 7.37. The zero-order chi connectivity index (χ0) is 14.3. The highest BCUT2D eigenvalue weighted by atomic mass is 32.2. The van der Waals surface area contributed by atoms with E-state index in [-0.39, 0.29) is 4.75 Å². The maximum absolute atomic E-state index is 5.03. The fourth-order valence-electron chi connectivity index (χ4n) is 1.26. The normalized spacial score (nSPS) is 12.6. The van der Waals surface area contributed by atoms with Gasteiger partial charge in [-0.3, -0.25) is 0 Å². The average Bonchev–Trinajstić information content (AvgIpc) is 2.79. The van der Waals surface area contributed by atoms with Crippen molar-refractivity contribution in [3.63, 3.8) is 0 Å². The standard InChI is InChI=1S/C12H23N5OS/c1-6-13-11(15-8-12(3,4)19-5)14-7-10-16-9(2)17-18-10/h6-8H2,1-5H3,(H2,13,14,15). The van der Waals surface area contributed by atoms with Crippen molar-refractivity contribution in [3.8, 4) is 0 Å². The Morgan fingerprint density at radius 3 is 2.68 bits per heavy atom. The summed E-state index contributed by atoms with van der Waals surface area (Å²) >= 11 is 1.82. The first-order valence-corrected chi connectivity index (χ1v) is 7.56. The molecule has 0 spiro atoms. The number of thioether (sulfide) groups is 1. The minimum atomic E-state index is 0.164. The van der Waals surface area contributed by atoms with Crippen molar-refractivity contribution in [1.82, 2.24) is 20.8 Å². The topological polar surface area (TPSA) is 75.3 Å². The molecule has 1 rings (SSSR count). The summed E-state index contributed by atoms with van der Waals surface area (Å²) < 4.78 is 5.20. The molecule has 0 aliphatic heterocycles. The Morgan fingerprint density at radius 1 is 1.42 bits per heavy atom. The van der Waals surface area contributed by atoms with E-state index in [1.54, 1.807) is 6.92 Å². The largest absolute Gasteiger partial charge is 0.357 e. The van der Waals surface area contributed by atoms with Gasteiger partial charge in [0.25, 0.3) is 0 Å². The van der Waals surface area contributed by atoms with Crippen molar-refractivity contribution < 1.29 is 4.52 Å². The summed E-state index contributed by atoms with van der Waals surface area (Å²) in [4.78, 5) is 8.55. The number of guanidine groups is 1. The molecule has 0 saturated carbocycles. The van der Waals surface area contributed by atoms with Crippen LogP contribution in [0.5, 0.6) is 0 Å². The summed E-state index contributed by atoms with van der Waals surface area (Å²) in [6, 6.07) is 0. The van der Waals surface area contributed by atoms with E-state index in [4.69, 9.17) is 4.52 Å². The molecule has 0 radical (unpaired) electrons. The Hall–Kier alpha value is -1.24. The number of aromatic nitrogens is 2. The number of nitrogens with zero attached hydrogens (tertiary/aromatic N) is 3. The summed E-state index contributed by atoms with van der Waals surface area (Å²) in [5, 5.41) is 10.3. The first-order valence-electron chi connectivity index (χ1n) is 6.33. The first kappa shape index (κ1) is 15.8. The zero-order valence-corrected chi connectivity index (χ0v) is 13.1. The van der Waals surface area contributed by atoms with E-state index in [0.29, 0.717) is 18.3 Å². The smallest absolute Gasteiger partial charge is 0.248 e. The van der Waals surface area contributed by atoms with Gasteiger partial charge in [0.15, 0.2) is 11.8 Å². The van der Waals surface area contributed by atoms with Gasteiger partial charge in [0.2, 0.25) is 5.89 Å². The number of nitrogens with one attached hydrogen (secondary N) is 2. The molecule has 0 aliphatic rings. The Balaban J connectivity index is 2.56. The maximum atomic E-state index is 5.03. The fraction of sp³-hybridized carbons (Fsp3) is 0.750. The van der Waals surface area contributed by atoms with Crippen molar-refractivity contribution in [3.05, 3.63) is 11.7 Å². The number of rotatable bonds is 6. The van der Waals surface area contributed by atoms with E-state index in [9.17, 15) is 0 Å². The van der Waals surface area contributed by atoms with Crippen LogP contribution in [0.1, 0.15) is 32.5 Å². The molecule has 0 saturated heterocycles. The molecule has 1 heterocycles. The van der Waals surface area contributed by atoms with E-state index in [1.165, 1.54) is 0 Å². The van der Waals surface area contributed by atoms with Crippen molar-refractivity contribution in [2.75, 3.05) is 19.3 Å². The van der Waals surface area contributed by atoms with Crippen molar-refractivity contribution in [2.45, 2.75) is 39.0 Å². The molecule has 6 nitrogen and oxygen atoms in total. The van der Waals surface area contributed by atoms with Crippen LogP contribution in [-0.4, -0.2) is 40.2 Å². The lowest BCUT2D eigenvalue weighted by atomic mass is 10.2. The van der Waals surface area contributed by atoms with Crippen molar-refractivity contribution in [1.29, 1.82) is 0 Å². The number of hydrogen-bond acceptors (Lipinski definition) is 5. The van der Waals surface area contributed by atoms with Gasteiger partial charge < -0.3 is 15.2 Å². The SMILES string of the molecule is CCNC(=NCc1nc(C)no1)NCC(C)(C)SC. The molecule has 0 aliphatic carbocycles. The van der Waals surface area contributed by atoms with Crippen LogP contribution < -0.4 is 10.6 Å². The molecular weight excluding hydrogens is 262 g/mol. The monoisotopic (exact) mass is 285 g/mol. The van der Waals surface area contributed by atoms with E-state index in [0.717, 1.165) is 19.0 Å². The Labute approximate surface area is 118 Å². The minimum Gasteiger partial charge on any atom is -0.357 e. The lowest BCUT2D eigenvalue weighted by Gasteiger charge is -2.23. The third-order valence-corrected chi connectivity index (χ3v) is 3.77. The van der Waals surface area contributed by atoms with Crippen molar-refractivity contribution in [2.24, 2.45) is 4.99 Å². The Morgan fingerprint density at radius 2 is 2.16 bits per heavy atom. The van der Waals surface area contributed by atoms with Crippen LogP contribution in [0.3, 0.4) is 0 Å². The fourth-order valence-corrected chi connectivity index (χ4v) is 1.48. The van der Waals surface area contributed by atoms with E-state index in [2.05, 4.69) is 45.9 Å². The van der Waals surface area contributed by atoms with Gasteiger partial charge in [0.05, 0.1) is 0 Å². The van der Waals surface area contributed by atoms with Crippen LogP contribution in [0.25, 0.3) is 0 Å². The summed E-state index contributed by atoms with van der Waals surface area (Å²) in [6.45, 7) is 10.2. The third kappa shape index (κ3) is 5.96. The van der Waals surface area contributed by atoms with Gasteiger partial charge in [0, 0.05) is 17.8 Å². The molecule has 0 aromatic carbocycles. The lowest BCUT2D eigenvalue weighted by molar-refractivity contribution is 0.376. The van der Waals surface area contributed by atoms with Gasteiger partial charge in [-0.15, -0.1) is 0 Å². The molecule has 19 heavy (non-hydrogen) atoms. The quantitative estimate of drug-likeness (QED) is 0.610. The Kier molecular flexibility index (Phi) is 6.14. The van der Waals surface area contributed by atoms with E-state index in [1.807, 2.05) is 18.7 Å². The molecule has 7 heteroatoms. The molecule has 2 N–H and O–H groups in total. The molecule has 108 valence electrons. The Bertz CT molecular complexity index is 416. The van der Waals surface area contributed by atoms with Gasteiger partial charge in [0.1, 0.15) is 6.54 Å². The second-order valence-corrected chi connectivity index (χ2v) is 6.26. The molecule has 0 atom stereocenters. The summed E-state index contributed by atoms with van der Waals surface area (Å²) in [6.07, 6.45) is 2.10. The highest BCUT2D eigenvalue weighted by Crippen LogP contribution is 2.19. The predicted octanol–water partition coefficient (Wildman–Crippen LogP) is 1.57. The van der Waals surface area contributed by atoms with Crippen LogP contribution in [-0.2, 0) is 6.54 Å². The molecule has 0 amide bonds. The second-order valence-electron chi connectivity index (χ2n) is 4.75. The molecule has 0 unspecified atom stereocenters. The zero-order valence-electron chi connectivity index (χ0n) is 12.3. The van der Waals surface area contributed by atoms with Gasteiger partial charge in [-0.1, -0.05) is 5.16 Å². The van der Waals surface area contributed by atoms with Crippen LogP contribution in [0.2, 0.25) is 0 Å². The molecule has 0 bridgehead atoms. The minimum absolute atomic E-state index is 0.164. The van der Waals surface area contributed by atoms with Gasteiger partial charge in [-0.2, -0.15) is 16.7 Å². The van der Waals surface area contributed by atoms with Gasteiger partial charge >= 0.3 is 0 Å². The number of aryl methyl sites for hydroxylation is 1. The summed E-state index contributed by atoms with van der Waals surface area (Å²) in [5.41, 5.74) is 0. The highest BCUT2D eigenvalue weighted by Gasteiger charge is 2.16. The van der Waals surface area contributed by atoms with Crippen LogP contribution in [0.15, 0.2) is 9.52 Å². The summed E-state index contributed by atoms with van der Waals surface area (Å²) in [5.74, 6) is 1.92. The van der Waals surface area contributed by atoms with Crippen LogP contribution in [0.4, 0.5) is 0 Å². The van der Waals surface area contributed by atoms with Gasteiger partial charge in [-0.25, -0.2) is 4.99 Å². The number of aliphatic imine (C=N–C) groups is 1. The highest BCUT2D eigenvalue weighted by molar-refractivity contribution is 7.99. The summed E-state index contributed by atoms with van der Waals surface area (Å²) in [7, 11) is 0. The lowest BCUT2D eigenvalue weighted by Crippen LogP contribution is -2.43. The van der Waals surface area contributed by atoms with Gasteiger partial charge in [-0.05, 0) is 34.0 Å². The third-order valence-electron chi connectivity index (χ3n) is 2.52. The van der Waals surface area contributed by atoms with Crippen LogP contribution in [0, 0.1) is 6.92 Å². The molecular formula is C12H23N5OS. The van der Waals surface area contributed by atoms with Crippen molar-refractivity contribution >= 4 is 17.7 Å². The molecule has 1 aromatic heterocycles. The maximum Gasteiger partial charge on any atom is 0.248 e. The van der Waals surface area contributed by atoms with Crippen LogP contribution >= 0.6 is 11.8 Å². The molecule has 1 aromatic rings. The van der Waals surface area contributed by atoms with E-state index >= 15 is 0 Å². The number of hydrogen-bond donors (Lipinski definition) is 2. The molecule has 0 fully saturated rings. The van der Waals surface area contributed by atoms with E-state index < -0.39 is 0 Å². The predicted molar refractivity (Wildman–Crippen MR) is 79.4 cm³/mol. The average molecular weight is 285 g/mol. The first-order chi connectivity index (χ1) is 8.96.